The van der Waals surface area contributed by atoms with Crippen LogP contribution in [0.4, 0.5) is 0 Å². The molecule has 2 rings (SSSR count). The first kappa shape index (κ1) is 23.1. The van der Waals surface area contributed by atoms with E-state index in [1.54, 1.807) is 0 Å². The molecule has 4 heteroatoms. The molecule has 0 bridgehead atoms. The number of aliphatic hydroxyl groups is 2. The van der Waals surface area contributed by atoms with Crippen LogP contribution in [0, 0.1) is 0 Å². The Bertz CT molecular complexity index is 366. The molecule has 0 aromatic heterocycles. The van der Waals surface area contributed by atoms with Crippen LogP contribution < -0.4 is 5.32 Å². The summed E-state index contributed by atoms with van der Waals surface area (Å²) >= 11 is 0. The maximum atomic E-state index is 10.4. The Labute approximate surface area is 168 Å². The molecule has 2 aliphatic heterocycles. The van der Waals surface area contributed by atoms with Gasteiger partial charge in [0.2, 0.25) is 0 Å². The van der Waals surface area contributed by atoms with E-state index in [-0.39, 0.29) is 6.04 Å². The van der Waals surface area contributed by atoms with E-state index in [9.17, 15) is 10.2 Å². The van der Waals surface area contributed by atoms with Gasteiger partial charge in [-0.15, -0.1) is 0 Å². The topological polar surface area (TPSA) is 55.7 Å². The summed E-state index contributed by atoms with van der Waals surface area (Å²) in [7, 11) is 0. The first-order valence-corrected chi connectivity index (χ1v) is 12.1. The fourth-order valence-corrected chi connectivity index (χ4v) is 4.96. The Hall–Kier alpha value is -0.160. The molecule has 0 spiro atoms. The van der Waals surface area contributed by atoms with Crippen molar-refractivity contribution in [3.05, 3.63) is 0 Å². The number of nitrogens with one attached hydrogen (secondary N) is 1. The molecule has 0 unspecified atom stereocenters. The Morgan fingerprint density at radius 2 is 1.41 bits per heavy atom. The summed E-state index contributed by atoms with van der Waals surface area (Å²) in [6.45, 7) is 4.96. The second-order valence-electron chi connectivity index (χ2n) is 8.99. The van der Waals surface area contributed by atoms with Crippen molar-refractivity contribution in [2.75, 3.05) is 19.6 Å². The molecule has 0 aromatic carbocycles. The smallest absolute Gasteiger partial charge is 0.0979 e. The molecule has 4 atom stereocenters. The van der Waals surface area contributed by atoms with E-state index in [0.717, 1.165) is 19.5 Å². The van der Waals surface area contributed by atoms with Crippen molar-refractivity contribution >= 4 is 0 Å². The molecule has 0 radical (unpaired) electrons. The van der Waals surface area contributed by atoms with Crippen LogP contribution in [0.15, 0.2) is 0 Å². The SMILES string of the molecule is CCCCCCCCCCCCCCN[C@@H]1[C@@H](O)[C@H](O)CN2CCCC[C@@H]12. The Balaban J connectivity index is 1.46. The molecule has 0 aliphatic carbocycles. The normalized spacial score (nSPS) is 29.0. The van der Waals surface area contributed by atoms with Crippen molar-refractivity contribution in [2.45, 2.75) is 128 Å². The van der Waals surface area contributed by atoms with Gasteiger partial charge in [-0.3, -0.25) is 4.90 Å². The summed E-state index contributed by atoms with van der Waals surface area (Å²) in [6.07, 6.45) is 18.9. The molecule has 2 saturated heterocycles. The molecule has 2 aliphatic rings. The van der Waals surface area contributed by atoms with Crippen molar-refractivity contribution in [3.8, 4) is 0 Å². The number of aliphatic hydroxyl groups excluding tert-OH is 2. The minimum atomic E-state index is -0.610. The van der Waals surface area contributed by atoms with Gasteiger partial charge in [0.1, 0.15) is 0 Å². The fraction of sp³-hybridized carbons (Fsp3) is 1.00. The minimum absolute atomic E-state index is 0.0433. The molecule has 3 N–H and O–H groups in total. The van der Waals surface area contributed by atoms with Gasteiger partial charge in [0.05, 0.1) is 18.2 Å². The molecular weight excluding hydrogens is 336 g/mol. The van der Waals surface area contributed by atoms with Crippen LogP contribution in [0.2, 0.25) is 0 Å². The molecule has 4 nitrogen and oxygen atoms in total. The summed E-state index contributed by atoms with van der Waals surface area (Å²) in [4.78, 5) is 2.39. The van der Waals surface area contributed by atoms with Gasteiger partial charge in [0.15, 0.2) is 0 Å². The lowest BCUT2D eigenvalue weighted by molar-refractivity contribution is -0.0917. The van der Waals surface area contributed by atoms with Crippen LogP contribution in [0.25, 0.3) is 0 Å². The van der Waals surface area contributed by atoms with Gasteiger partial charge >= 0.3 is 0 Å². The van der Waals surface area contributed by atoms with Crippen LogP contribution in [-0.2, 0) is 0 Å². The lowest BCUT2D eigenvalue weighted by Crippen LogP contribution is -2.66. The van der Waals surface area contributed by atoms with E-state index in [0.29, 0.717) is 12.6 Å². The van der Waals surface area contributed by atoms with E-state index in [1.807, 2.05) is 0 Å². The van der Waals surface area contributed by atoms with Gasteiger partial charge in [0.25, 0.3) is 0 Å². The third-order valence-electron chi connectivity index (χ3n) is 6.67. The average Bonchev–Trinajstić information content (AvgIpc) is 2.68. The zero-order valence-corrected chi connectivity index (χ0v) is 17.9. The highest BCUT2D eigenvalue weighted by molar-refractivity contribution is 4.99. The van der Waals surface area contributed by atoms with Crippen LogP contribution in [0.5, 0.6) is 0 Å². The standard InChI is InChI=1S/C23H46N2O2/c1-2-3-4-5-6-7-8-9-10-11-12-14-17-24-22-20-16-13-15-18-25(20)19-21(26)23(22)27/h20-24,26-27H,2-19H2,1H3/t20-,21+,22-,23-/m0/s1. The van der Waals surface area contributed by atoms with E-state index >= 15 is 0 Å². The third kappa shape index (κ3) is 8.39. The van der Waals surface area contributed by atoms with Crippen molar-refractivity contribution in [1.29, 1.82) is 0 Å². The first-order chi connectivity index (χ1) is 13.2. The summed E-state index contributed by atoms with van der Waals surface area (Å²) in [5, 5.41) is 24.2. The summed E-state index contributed by atoms with van der Waals surface area (Å²) in [5.41, 5.74) is 0. The minimum Gasteiger partial charge on any atom is -0.389 e. The molecular formula is C23H46N2O2. The van der Waals surface area contributed by atoms with Crippen LogP contribution in [-0.4, -0.2) is 59.0 Å². The zero-order valence-electron chi connectivity index (χ0n) is 17.9. The lowest BCUT2D eigenvalue weighted by atomic mass is 9.85. The number of rotatable bonds is 14. The largest absolute Gasteiger partial charge is 0.389 e. The van der Waals surface area contributed by atoms with E-state index in [4.69, 9.17) is 0 Å². The number of unbranched alkanes of at least 4 members (excludes halogenated alkanes) is 11. The highest BCUT2D eigenvalue weighted by Gasteiger charge is 2.42. The maximum Gasteiger partial charge on any atom is 0.0979 e. The van der Waals surface area contributed by atoms with Crippen molar-refractivity contribution in [2.24, 2.45) is 0 Å². The number of fused-ring (bicyclic) bond motifs is 1. The van der Waals surface area contributed by atoms with Gasteiger partial charge in [0, 0.05) is 12.6 Å². The fourth-order valence-electron chi connectivity index (χ4n) is 4.96. The average molecular weight is 383 g/mol. The number of hydrogen-bond acceptors (Lipinski definition) is 4. The lowest BCUT2D eigenvalue weighted by Gasteiger charge is -2.48. The Kier molecular flexibility index (Phi) is 11.9. The summed E-state index contributed by atoms with van der Waals surface area (Å²) in [5.74, 6) is 0. The van der Waals surface area contributed by atoms with Gasteiger partial charge < -0.3 is 15.5 Å². The van der Waals surface area contributed by atoms with E-state index in [2.05, 4.69) is 17.1 Å². The monoisotopic (exact) mass is 382 g/mol. The molecule has 0 aromatic rings. The highest BCUT2D eigenvalue weighted by atomic mass is 16.3. The van der Waals surface area contributed by atoms with Gasteiger partial charge in [-0.05, 0) is 32.4 Å². The summed E-state index contributed by atoms with van der Waals surface area (Å²) in [6, 6.07) is 0.455. The molecule has 0 amide bonds. The predicted molar refractivity (Wildman–Crippen MR) is 114 cm³/mol. The van der Waals surface area contributed by atoms with Gasteiger partial charge in [-0.2, -0.15) is 0 Å². The zero-order chi connectivity index (χ0) is 19.3. The molecule has 160 valence electrons. The number of piperidine rings is 2. The second kappa shape index (κ2) is 13.9. The highest BCUT2D eigenvalue weighted by Crippen LogP contribution is 2.27. The summed E-state index contributed by atoms with van der Waals surface area (Å²) < 4.78 is 0. The van der Waals surface area contributed by atoms with Crippen molar-refractivity contribution in [3.63, 3.8) is 0 Å². The Morgan fingerprint density at radius 1 is 0.815 bits per heavy atom. The molecule has 2 heterocycles. The van der Waals surface area contributed by atoms with Crippen LogP contribution in [0.1, 0.15) is 103 Å². The van der Waals surface area contributed by atoms with E-state index < -0.39 is 12.2 Å². The quantitative estimate of drug-likeness (QED) is 0.393. The predicted octanol–water partition coefficient (Wildman–Crippen LogP) is 4.24. The van der Waals surface area contributed by atoms with Gasteiger partial charge in [-0.1, -0.05) is 84.0 Å². The van der Waals surface area contributed by atoms with E-state index in [1.165, 1.54) is 89.9 Å². The first-order valence-electron chi connectivity index (χ1n) is 12.1. The maximum absolute atomic E-state index is 10.4. The van der Waals surface area contributed by atoms with Gasteiger partial charge in [-0.25, -0.2) is 0 Å². The number of hydrogen-bond donors (Lipinski definition) is 3. The molecule has 2 fully saturated rings. The Morgan fingerprint density at radius 3 is 2.04 bits per heavy atom. The number of nitrogens with zero attached hydrogens (tertiary/aromatic N) is 1. The van der Waals surface area contributed by atoms with Crippen LogP contribution >= 0.6 is 0 Å². The molecule has 27 heavy (non-hydrogen) atoms. The second-order valence-corrected chi connectivity index (χ2v) is 8.99. The van der Waals surface area contributed by atoms with Crippen LogP contribution in [0.3, 0.4) is 0 Å². The molecule has 0 saturated carbocycles. The van der Waals surface area contributed by atoms with Crippen molar-refractivity contribution < 1.29 is 10.2 Å². The van der Waals surface area contributed by atoms with Crippen molar-refractivity contribution in [1.82, 2.24) is 10.2 Å². The third-order valence-corrected chi connectivity index (χ3v) is 6.67.